The molecule has 0 saturated carbocycles. The Kier molecular flexibility index (Phi) is 5.82. The second-order valence-electron chi connectivity index (χ2n) is 4.97. The third kappa shape index (κ3) is 5.04. The summed E-state index contributed by atoms with van der Waals surface area (Å²) in [5.74, 6) is -1.40. The molecule has 1 unspecified atom stereocenters. The molecule has 0 fully saturated rings. The van der Waals surface area contributed by atoms with Crippen molar-refractivity contribution in [3.63, 3.8) is 0 Å². The maximum Gasteiger partial charge on any atom is 0.335 e. The number of anilines is 1. The summed E-state index contributed by atoms with van der Waals surface area (Å²) < 4.78 is 12.0. The highest BCUT2D eigenvalue weighted by Gasteiger charge is 2.10. The molecular formula is C17H14N2O4S. The minimum absolute atomic E-state index is 0.123. The Bertz CT molecular complexity index is 808. The van der Waals surface area contributed by atoms with E-state index in [-0.39, 0.29) is 17.1 Å². The van der Waals surface area contributed by atoms with E-state index < -0.39 is 22.7 Å². The average molecular weight is 342 g/mol. The first kappa shape index (κ1) is 17.4. The van der Waals surface area contributed by atoms with E-state index in [1.165, 1.54) is 24.3 Å². The minimum atomic E-state index is -1.38. The predicted octanol–water partition coefficient (Wildman–Crippen LogP) is 2.14. The summed E-state index contributed by atoms with van der Waals surface area (Å²) in [6.07, 6.45) is 0. The molecule has 0 radical (unpaired) electrons. The fourth-order valence-electron chi connectivity index (χ4n) is 1.95. The van der Waals surface area contributed by atoms with Gasteiger partial charge in [0.05, 0.1) is 17.2 Å². The lowest BCUT2D eigenvalue weighted by Gasteiger charge is -2.06. The molecule has 0 spiro atoms. The van der Waals surface area contributed by atoms with Gasteiger partial charge in [0.25, 0.3) is 0 Å². The smallest absolute Gasteiger partial charge is 0.335 e. The Labute approximate surface area is 141 Å². The molecule has 0 aliphatic rings. The average Bonchev–Trinajstić information content (AvgIpc) is 2.55. The van der Waals surface area contributed by atoms with Crippen molar-refractivity contribution < 1.29 is 18.9 Å². The van der Waals surface area contributed by atoms with Crippen LogP contribution in [0, 0.1) is 11.3 Å². The summed E-state index contributed by atoms with van der Waals surface area (Å²) in [5.41, 5.74) is 1.87. The summed E-state index contributed by atoms with van der Waals surface area (Å²) in [5, 5.41) is 20.1. The van der Waals surface area contributed by atoms with Crippen molar-refractivity contribution in [2.75, 3.05) is 11.1 Å². The van der Waals surface area contributed by atoms with Crippen molar-refractivity contribution in [1.82, 2.24) is 0 Å². The van der Waals surface area contributed by atoms with Gasteiger partial charge in [0, 0.05) is 22.2 Å². The zero-order chi connectivity index (χ0) is 17.5. The Morgan fingerprint density at radius 1 is 1.08 bits per heavy atom. The standard InChI is InChI=1S/C17H14N2O4S/c18-9-12-1-3-13(4-2-12)10-24(23)11-16(20)19-15-7-5-14(6-8-15)17(21)22/h1-8H,10-11H2,(H,19,20)(H,21,22). The first-order valence-corrected chi connectivity index (χ1v) is 8.44. The summed E-state index contributed by atoms with van der Waals surface area (Å²) in [6, 6.07) is 14.4. The van der Waals surface area contributed by atoms with Crippen LogP contribution in [0.25, 0.3) is 0 Å². The van der Waals surface area contributed by atoms with Crippen LogP contribution in [0.1, 0.15) is 21.5 Å². The van der Waals surface area contributed by atoms with Crippen molar-refractivity contribution in [1.29, 1.82) is 5.26 Å². The maximum atomic E-state index is 12.0. The molecule has 7 heteroatoms. The van der Waals surface area contributed by atoms with E-state index in [4.69, 9.17) is 10.4 Å². The SMILES string of the molecule is N#Cc1ccc(CS(=O)CC(=O)Nc2ccc(C(=O)O)cc2)cc1. The van der Waals surface area contributed by atoms with Crippen LogP contribution in [0.2, 0.25) is 0 Å². The highest BCUT2D eigenvalue weighted by atomic mass is 32.2. The van der Waals surface area contributed by atoms with E-state index in [1.54, 1.807) is 24.3 Å². The number of benzene rings is 2. The van der Waals surface area contributed by atoms with Crippen molar-refractivity contribution in [2.24, 2.45) is 0 Å². The van der Waals surface area contributed by atoms with E-state index in [2.05, 4.69) is 5.32 Å². The van der Waals surface area contributed by atoms with E-state index in [1.807, 2.05) is 6.07 Å². The number of carbonyl (C=O) groups is 2. The quantitative estimate of drug-likeness (QED) is 0.836. The molecule has 2 aromatic carbocycles. The molecule has 1 amide bonds. The molecule has 0 aromatic heterocycles. The van der Waals surface area contributed by atoms with Crippen LogP contribution in [0.3, 0.4) is 0 Å². The Balaban J connectivity index is 1.88. The van der Waals surface area contributed by atoms with Crippen LogP contribution in [0.5, 0.6) is 0 Å². The Morgan fingerprint density at radius 2 is 1.71 bits per heavy atom. The number of aromatic carboxylic acids is 1. The van der Waals surface area contributed by atoms with Gasteiger partial charge in [0.1, 0.15) is 5.75 Å². The molecule has 2 aromatic rings. The topological polar surface area (TPSA) is 107 Å². The van der Waals surface area contributed by atoms with E-state index in [0.717, 1.165) is 5.56 Å². The second kappa shape index (κ2) is 8.04. The zero-order valence-corrected chi connectivity index (χ0v) is 13.4. The van der Waals surface area contributed by atoms with Crippen LogP contribution in [0.15, 0.2) is 48.5 Å². The van der Waals surface area contributed by atoms with Crippen LogP contribution >= 0.6 is 0 Å². The molecule has 0 saturated heterocycles. The molecule has 0 bridgehead atoms. The monoisotopic (exact) mass is 342 g/mol. The Morgan fingerprint density at radius 3 is 2.25 bits per heavy atom. The number of rotatable bonds is 6. The number of hydrogen-bond donors (Lipinski definition) is 2. The third-order valence-electron chi connectivity index (χ3n) is 3.12. The highest BCUT2D eigenvalue weighted by Crippen LogP contribution is 2.10. The van der Waals surface area contributed by atoms with Gasteiger partial charge in [-0.1, -0.05) is 12.1 Å². The fourth-order valence-corrected chi connectivity index (χ4v) is 2.98. The first-order chi connectivity index (χ1) is 11.5. The molecular weight excluding hydrogens is 328 g/mol. The van der Waals surface area contributed by atoms with Crippen LogP contribution in [0.4, 0.5) is 5.69 Å². The normalized spacial score (nSPS) is 11.3. The van der Waals surface area contributed by atoms with Gasteiger partial charge in [-0.05, 0) is 42.0 Å². The first-order valence-electron chi connectivity index (χ1n) is 6.95. The van der Waals surface area contributed by atoms with Crippen molar-refractivity contribution in [3.05, 3.63) is 65.2 Å². The molecule has 2 N–H and O–H groups in total. The van der Waals surface area contributed by atoms with Crippen LogP contribution in [-0.4, -0.2) is 26.9 Å². The molecule has 1 atom stereocenters. The summed E-state index contributed by atoms with van der Waals surface area (Å²) in [4.78, 5) is 22.6. The molecule has 0 aliphatic carbocycles. The lowest BCUT2D eigenvalue weighted by Crippen LogP contribution is -2.20. The molecule has 2 rings (SSSR count). The van der Waals surface area contributed by atoms with Gasteiger partial charge in [-0.15, -0.1) is 0 Å². The van der Waals surface area contributed by atoms with Crippen molar-refractivity contribution in [2.45, 2.75) is 5.75 Å². The predicted molar refractivity (Wildman–Crippen MR) is 89.9 cm³/mol. The van der Waals surface area contributed by atoms with E-state index in [0.29, 0.717) is 11.3 Å². The molecule has 6 nitrogen and oxygen atoms in total. The van der Waals surface area contributed by atoms with Gasteiger partial charge in [-0.25, -0.2) is 4.79 Å². The molecule has 122 valence electrons. The number of amides is 1. The maximum absolute atomic E-state index is 12.0. The number of nitriles is 1. The highest BCUT2D eigenvalue weighted by molar-refractivity contribution is 7.84. The lowest BCUT2D eigenvalue weighted by atomic mass is 10.2. The zero-order valence-electron chi connectivity index (χ0n) is 12.6. The summed E-state index contributed by atoms with van der Waals surface area (Å²) in [7, 11) is -1.38. The lowest BCUT2D eigenvalue weighted by molar-refractivity contribution is -0.113. The van der Waals surface area contributed by atoms with Gasteiger partial charge in [-0.3, -0.25) is 9.00 Å². The van der Waals surface area contributed by atoms with Gasteiger partial charge in [0.2, 0.25) is 5.91 Å². The number of hydrogen-bond acceptors (Lipinski definition) is 4. The van der Waals surface area contributed by atoms with Crippen molar-refractivity contribution >= 4 is 28.4 Å². The summed E-state index contributed by atoms with van der Waals surface area (Å²) in [6.45, 7) is 0. The molecule has 24 heavy (non-hydrogen) atoms. The van der Waals surface area contributed by atoms with Crippen molar-refractivity contribution in [3.8, 4) is 6.07 Å². The van der Waals surface area contributed by atoms with Crippen LogP contribution < -0.4 is 5.32 Å². The van der Waals surface area contributed by atoms with Gasteiger partial charge >= 0.3 is 5.97 Å². The van der Waals surface area contributed by atoms with E-state index >= 15 is 0 Å². The number of carboxylic acids is 1. The molecule has 0 heterocycles. The third-order valence-corrected chi connectivity index (χ3v) is 4.36. The molecule has 0 aliphatic heterocycles. The Hall–Kier alpha value is -2.98. The largest absolute Gasteiger partial charge is 0.478 e. The van der Waals surface area contributed by atoms with Gasteiger partial charge < -0.3 is 10.4 Å². The van der Waals surface area contributed by atoms with Gasteiger partial charge in [-0.2, -0.15) is 5.26 Å². The number of carboxylic acid groups (broad SMARTS) is 1. The van der Waals surface area contributed by atoms with Gasteiger partial charge in [0.15, 0.2) is 0 Å². The number of nitrogens with zero attached hydrogens (tertiary/aromatic N) is 1. The summed E-state index contributed by atoms with van der Waals surface area (Å²) >= 11 is 0. The minimum Gasteiger partial charge on any atom is -0.478 e. The second-order valence-corrected chi connectivity index (χ2v) is 6.42. The van der Waals surface area contributed by atoms with E-state index in [9.17, 15) is 13.8 Å². The number of carbonyl (C=O) groups excluding carboxylic acids is 1. The van der Waals surface area contributed by atoms with Crippen LogP contribution in [-0.2, 0) is 21.3 Å². The number of nitrogens with one attached hydrogen (secondary N) is 1. The fraction of sp³-hybridized carbons (Fsp3) is 0.118.